The van der Waals surface area contributed by atoms with Gasteiger partial charge in [0.15, 0.2) is 0 Å². The number of rotatable bonds is 2. The van der Waals surface area contributed by atoms with Crippen molar-refractivity contribution in [1.29, 1.82) is 5.41 Å². The molecule has 0 unspecified atom stereocenters. The van der Waals surface area contributed by atoms with Gasteiger partial charge in [-0.15, -0.1) is 11.3 Å². The molecular formula is C9H10N2O3S. The van der Waals surface area contributed by atoms with Gasteiger partial charge in [0, 0.05) is 11.8 Å². The Balaban J connectivity index is 3.30. The molecule has 1 aromatic heterocycles. The fraction of sp³-hybridized carbons (Fsp3) is 0.222. The van der Waals surface area contributed by atoms with Crippen molar-refractivity contribution in [2.75, 3.05) is 7.11 Å². The second kappa shape index (κ2) is 4.70. The van der Waals surface area contributed by atoms with E-state index in [0.717, 1.165) is 17.4 Å². The van der Waals surface area contributed by atoms with Crippen LogP contribution in [0.25, 0.3) is 12.2 Å². The molecule has 5 nitrogen and oxygen atoms in total. The van der Waals surface area contributed by atoms with Crippen LogP contribution in [0.2, 0.25) is 0 Å². The largest absolute Gasteiger partial charge is 0.466 e. The summed E-state index contributed by atoms with van der Waals surface area (Å²) in [4.78, 5) is 24.7. The van der Waals surface area contributed by atoms with E-state index in [2.05, 4.69) is 9.72 Å². The van der Waals surface area contributed by atoms with Gasteiger partial charge in [-0.1, -0.05) is 0 Å². The molecule has 80 valence electrons. The van der Waals surface area contributed by atoms with Gasteiger partial charge in [0.25, 0.3) is 5.56 Å². The first-order valence-corrected chi connectivity index (χ1v) is 4.90. The molecule has 0 aromatic carbocycles. The Morgan fingerprint density at radius 2 is 2.20 bits per heavy atom. The average molecular weight is 226 g/mol. The number of thiazole rings is 1. The third-order valence-corrected chi connectivity index (χ3v) is 2.44. The summed E-state index contributed by atoms with van der Waals surface area (Å²) in [5.41, 5.74) is -0.0185. The molecule has 0 bridgehead atoms. The molecule has 0 fully saturated rings. The van der Waals surface area contributed by atoms with Crippen LogP contribution >= 0.6 is 11.3 Å². The van der Waals surface area contributed by atoms with E-state index in [9.17, 15) is 9.59 Å². The summed E-state index contributed by atoms with van der Waals surface area (Å²) in [5.74, 6) is -0.569. The number of H-pyrrole nitrogens is 1. The number of methoxy groups -OCH3 is 1. The zero-order valence-corrected chi connectivity index (χ0v) is 9.10. The zero-order valence-electron chi connectivity index (χ0n) is 8.29. The first kappa shape index (κ1) is 11.4. The SMILES string of the molecule is COC(=O)/C=c1/sc(=CC(C)=N)[nH]c1=O. The highest BCUT2D eigenvalue weighted by atomic mass is 32.1. The number of aromatic nitrogens is 1. The fourth-order valence-corrected chi connectivity index (χ4v) is 1.80. The van der Waals surface area contributed by atoms with E-state index in [1.54, 1.807) is 6.92 Å². The summed E-state index contributed by atoms with van der Waals surface area (Å²) in [5, 5.41) is 7.22. The van der Waals surface area contributed by atoms with Gasteiger partial charge >= 0.3 is 5.97 Å². The standard InChI is InChI=1S/C9H10N2O3S/c1-5(10)3-7-11-9(13)6(15-7)4-8(12)14-2/h3-4,10H,1-2H3,(H,11,13)/b6-4+,7-3?,10-5?. The van der Waals surface area contributed by atoms with Crippen molar-refractivity contribution in [3.05, 3.63) is 19.5 Å². The van der Waals surface area contributed by atoms with Crippen molar-refractivity contribution in [3.8, 4) is 0 Å². The molecule has 6 heteroatoms. The predicted octanol–water partition coefficient (Wildman–Crippen LogP) is -0.790. The summed E-state index contributed by atoms with van der Waals surface area (Å²) >= 11 is 1.11. The van der Waals surface area contributed by atoms with Crippen LogP contribution in [0.3, 0.4) is 0 Å². The van der Waals surface area contributed by atoms with Gasteiger partial charge in [0.05, 0.1) is 11.8 Å². The maximum absolute atomic E-state index is 11.3. The molecule has 0 radical (unpaired) electrons. The highest BCUT2D eigenvalue weighted by Crippen LogP contribution is 1.77. The highest BCUT2D eigenvalue weighted by Gasteiger charge is 1.98. The van der Waals surface area contributed by atoms with E-state index >= 15 is 0 Å². The Hall–Kier alpha value is -1.69. The number of nitrogens with one attached hydrogen (secondary N) is 2. The quantitative estimate of drug-likeness (QED) is 0.512. The Kier molecular flexibility index (Phi) is 3.56. The van der Waals surface area contributed by atoms with Crippen molar-refractivity contribution in [1.82, 2.24) is 4.98 Å². The molecule has 0 atom stereocenters. The Labute approximate surface area is 89.2 Å². The molecule has 1 rings (SSSR count). The number of carbonyl (C=O) groups is 1. The van der Waals surface area contributed by atoms with Crippen LogP contribution in [0.5, 0.6) is 0 Å². The van der Waals surface area contributed by atoms with Gasteiger partial charge in [-0.05, 0) is 13.0 Å². The van der Waals surface area contributed by atoms with Crippen LogP contribution in [-0.2, 0) is 9.53 Å². The monoisotopic (exact) mass is 226 g/mol. The second-order valence-electron chi connectivity index (χ2n) is 2.78. The minimum Gasteiger partial charge on any atom is -0.466 e. The molecule has 0 spiro atoms. The van der Waals surface area contributed by atoms with Crippen molar-refractivity contribution in [2.24, 2.45) is 0 Å². The number of hydrogen-bond donors (Lipinski definition) is 2. The first-order chi connectivity index (χ1) is 7.02. The number of hydrogen-bond acceptors (Lipinski definition) is 5. The van der Waals surface area contributed by atoms with Crippen LogP contribution in [-0.4, -0.2) is 23.8 Å². The summed E-state index contributed by atoms with van der Waals surface area (Å²) in [6.07, 6.45) is 2.64. The van der Waals surface area contributed by atoms with Crippen LogP contribution in [0, 0.1) is 5.41 Å². The lowest BCUT2D eigenvalue weighted by Gasteiger charge is -1.85. The molecular weight excluding hydrogens is 216 g/mol. The summed E-state index contributed by atoms with van der Waals surface area (Å²) in [6.45, 7) is 1.60. The van der Waals surface area contributed by atoms with Crippen LogP contribution in [0.15, 0.2) is 4.79 Å². The van der Waals surface area contributed by atoms with Crippen molar-refractivity contribution >= 4 is 35.2 Å². The lowest BCUT2D eigenvalue weighted by atomic mass is 10.4. The van der Waals surface area contributed by atoms with Crippen LogP contribution in [0.1, 0.15) is 6.92 Å². The number of ether oxygens (including phenoxy) is 1. The van der Waals surface area contributed by atoms with Crippen molar-refractivity contribution < 1.29 is 9.53 Å². The molecule has 0 saturated heterocycles. The normalized spacial score (nSPS) is 12.9. The third-order valence-electron chi connectivity index (χ3n) is 1.48. The smallest absolute Gasteiger partial charge is 0.332 e. The predicted molar refractivity (Wildman–Crippen MR) is 58.5 cm³/mol. The highest BCUT2D eigenvalue weighted by molar-refractivity contribution is 7.07. The topological polar surface area (TPSA) is 83.0 Å². The molecule has 15 heavy (non-hydrogen) atoms. The number of aromatic amines is 1. The van der Waals surface area contributed by atoms with E-state index in [-0.39, 0.29) is 10.1 Å². The van der Waals surface area contributed by atoms with Gasteiger partial charge in [0.2, 0.25) is 0 Å². The maximum atomic E-state index is 11.3. The second-order valence-corrected chi connectivity index (χ2v) is 3.86. The number of carbonyl (C=O) groups excluding carboxylic acids is 1. The van der Waals surface area contributed by atoms with Gasteiger partial charge < -0.3 is 15.1 Å². The van der Waals surface area contributed by atoms with Crippen LogP contribution < -0.4 is 14.8 Å². The fourth-order valence-electron chi connectivity index (χ4n) is 0.887. The summed E-state index contributed by atoms with van der Waals surface area (Å²) in [7, 11) is 1.25. The van der Waals surface area contributed by atoms with E-state index in [4.69, 9.17) is 5.41 Å². The van der Waals surface area contributed by atoms with E-state index in [0.29, 0.717) is 10.4 Å². The zero-order chi connectivity index (χ0) is 11.4. The van der Waals surface area contributed by atoms with E-state index < -0.39 is 5.97 Å². The third kappa shape index (κ3) is 3.17. The minimum atomic E-state index is -0.569. The Morgan fingerprint density at radius 1 is 1.53 bits per heavy atom. The molecule has 0 aliphatic carbocycles. The molecule has 0 amide bonds. The van der Waals surface area contributed by atoms with E-state index in [1.807, 2.05) is 0 Å². The maximum Gasteiger partial charge on any atom is 0.332 e. The molecule has 1 aromatic rings. The lowest BCUT2D eigenvalue weighted by molar-refractivity contribution is -0.133. The molecule has 2 N–H and O–H groups in total. The lowest BCUT2D eigenvalue weighted by Crippen LogP contribution is -2.21. The van der Waals surface area contributed by atoms with Gasteiger partial charge in [-0.3, -0.25) is 4.79 Å². The Bertz CT molecular complexity index is 553. The molecule has 0 saturated carbocycles. The Morgan fingerprint density at radius 3 is 2.73 bits per heavy atom. The summed E-state index contributed by atoms with van der Waals surface area (Å²) in [6, 6.07) is 0. The summed E-state index contributed by atoms with van der Waals surface area (Å²) < 4.78 is 5.22. The average Bonchev–Trinajstić information content (AvgIpc) is 2.45. The van der Waals surface area contributed by atoms with Crippen molar-refractivity contribution in [2.45, 2.75) is 6.92 Å². The van der Waals surface area contributed by atoms with Crippen LogP contribution in [0.4, 0.5) is 0 Å². The first-order valence-electron chi connectivity index (χ1n) is 4.08. The minimum absolute atomic E-state index is 0.273. The van der Waals surface area contributed by atoms with Gasteiger partial charge in [-0.25, -0.2) is 4.79 Å². The number of esters is 1. The van der Waals surface area contributed by atoms with E-state index in [1.165, 1.54) is 13.2 Å². The van der Waals surface area contributed by atoms with Gasteiger partial charge in [-0.2, -0.15) is 0 Å². The molecule has 1 heterocycles. The molecule has 0 aliphatic rings. The molecule has 0 aliphatic heterocycles. The van der Waals surface area contributed by atoms with Gasteiger partial charge in [0.1, 0.15) is 4.53 Å². The van der Waals surface area contributed by atoms with Crippen molar-refractivity contribution in [3.63, 3.8) is 0 Å².